The standard InChI is InChI=1S/C13H22N2OS/c1-14-9-12-3-4-13(17-12)10-16-11-5-7-15(2)8-6-11/h3-4,11,14H,5-10H2,1-2H3. The number of thiophene rings is 1. The summed E-state index contributed by atoms with van der Waals surface area (Å²) in [6, 6.07) is 4.38. The number of nitrogens with one attached hydrogen (secondary N) is 1. The van der Waals surface area contributed by atoms with Crippen molar-refractivity contribution in [2.24, 2.45) is 0 Å². The maximum absolute atomic E-state index is 5.97. The lowest BCUT2D eigenvalue weighted by atomic mass is 10.1. The first-order valence-corrected chi connectivity index (χ1v) is 7.12. The summed E-state index contributed by atoms with van der Waals surface area (Å²) in [5.74, 6) is 0. The molecule has 1 saturated heterocycles. The van der Waals surface area contributed by atoms with Gasteiger partial charge >= 0.3 is 0 Å². The van der Waals surface area contributed by atoms with Crippen LogP contribution in [0.5, 0.6) is 0 Å². The van der Waals surface area contributed by atoms with Gasteiger partial charge in [-0.3, -0.25) is 0 Å². The Morgan fingerprint density at radius 2 is 2.06 bits per heavy atom. The van der Waals surface area contributed by atoms with Gasteiger partial charge in [0.05, 0.1) is 12.7 Å². The second-order valence-electron chi connectivity index (χ2n) is 4.71. The zero-order valence-corrected chi connectivity index (χ0v) is 11.6. The molecule has 0 atom stereocenters. The van der Waals surface area contributed by atoms with Gasteiger partial charge in [0.25, 0.3) is 0 Å². The van der Waals surface area contributed by atoms with Gasteiger partial charge in [-0.1, -0.05) is 0 Å². The molecule has 4 heteroatoms. The minimum Gasteiger partial charge on any atom is -0.373 e. The van der Waals surface area contributed by atoms with Crippen LogP contribution in [0, 0.1) is 0 Å². The molecule has 96 valence electrons. The minimum absolute atomic E-state index is 0.459. The van der Waals surface area contributed by atoms with Crippen LogP contribution < -0.4 is 5.32 Å². The summed E-state index contributed by atoms with van der Waals surface area (Å²) in [4.78, 5) is 5.10. The summed E-state index contributed by atoms with van der Waals surface area (Å²) in [6.45, 7) is 4.07. The lowest BCUT2D eigenvalue weighted by Crippen LogP contribution is -2.34. The Kier molecular flexibility index (Phi) is 4.98. The zero-order valence-electron chi connectivity index (χ0n) is 10.7. The second kappa shape index (κ2) is 6.50. The molecule has 0 saturated carbocycles. The smallest absolute Gasteiger partial charge is 0.0813 e. The van der Waals surface area contributed by atoms with Gasteiger partial charge in [0.2, 0.25) is 0 Å². The van der Waals surface area contributed by atoms with Crippen molar-refractivity contribution in [1.29, 1.82) is 0 Å². The van der Waals surface area contributed by atoms with Crippen molar-refractivity contribution in [3.8, 4) is 0 Å². The summed E-state index contributed by atoms with van der Waals surface area (Å²) in [7, 11) is 4.16. The fraction of sp³-hybridized carbons (Fsp3) is 0.692. The Balaban J connectivity index is 1.73. The molecule has 1 aliphatic heterocycles. The highest BCUT2D eigenvalue weighted by Gasteiger charge is 2.17. The maximum atomic E-state index is 5.97. The van der Waals surface area contributed by atoms with Crippen molar-refractivity contribution in [3.63, 3.8) is 0 Å². The molecule has 3 nitrogen and oxygen atoms in total. The molecule has 17 heavy (non-hydrogen) atoms. The van der Waals surface area contributed by atoms with E-state index in [1.807, 2.05) is 18.4 Å². The van der Waals surface area contributed by atoms with Gasteiger partial charge < -0.3 is 15.0 Å². The van der Waals surface area contributed by atoms with Crippen LogP contribution in [0.25, 0.3) is 0 Å². The third-order valence-electron chi connectivity index (χ3n) is 3.20. The fourth-order valence-electron chi connectivity index (χ4n) is 2.12. The van der Waals surface area contributed by atoms with Crippen LogP contribution in [0.1, 0.15) is 22.6 Å². The Hall–Kier alpha value is -0.420. The van der Waals surface area contributed by atoms with Crippen molar-refractivity contribution in [2.45, 2.75) is 32.1 Å². The van der Waals surface area contributed by atoms with E-state index in [1.165, 1.54) is 35.7 Å². The fourth-order valence-corrected chi connectivity index (χ4v) is 3.07. The van der Waals surface area contributed by atoms with E-state index in [0.29, 0.717) is 6.10 Å². The zero-order chi connectivity index (χ0) is 12.1. The maximum Gasteiger partial charge on any atom is 0.0813 e. The molecule has 0 radical (unpaired) electrons. The monoisotopic (exact) mass is 254 g/mol. The molecule has 0 amide bonds. The minimum atomic E-state index is 0.459. The van der Waals surface area contributed by atoms with Crippen molar-refractivity contribution in [3.05, 3.63) is 21.9 Å². The molecule has 0 aliphatic carbocycles. The summed E-state index contributed by atoms with van der Waals surface area (Å²) < 4.78 is 5.97. The molecule has 0 spiro atoms. The Morgan fingerprint density at radius 3 is 2.76 bits per heavy atom. The predicted molar refractivity (Wildman–Crippen MR) is 72.4 cm³/mol. The Morgan fingerprint density at radius 1 is 1.35 bits per heavy atom. The Bertz CT molecular complexity index is 332. The van der Waals surface area contributed by atoms with Crippen LogP contribution >= 0.6 is 11.3 Å². The quantitative estimate of drug-likeness (QED) is 0.870. The number of likely N-dealkylation sites (tertiary alicyclic amines) is 1. The van der Waals surface area contributed by atoms with Crippen LogP contribution in [-0.2, 0) is 17.9 Å². The van der Waals surface area contributed by atoms with Gasteiger partial charge in [0, 0.05) is 29.4 Å². The van der Waals surface area contributed by atoms with E-state index >= 15 is 0 Å². The summed E-state index contributed by atoms with van der Waals surface area (Å²) in [6.07, 6.45) is 2.80. The number of hydrogen-bond donors (Lipinski definition) is 1. The molecular weight excluding hydrogens is 232 g/mol. The van der Waals surface area contributed by atoms with Crippen molar-refractivity contribution in [2.75, 3.05) is 27.2 Å². The highest BCUT2D eigenvalue weighted by Crippen LogP contribution is 2.20. The SMILES string of the molecule is CNCc1ccc(COC2CCN(C)CC2)s1. The number of piperidine rings is 1. The average Bonchev–Trinajstić information content (AvgIpc) is 2.77. The Labute approximate surface area is 108 Å². The highest BCUT2D eigenvalue weighted by molar-refractivity contribution is 7.11. The van der Waals surface area contributed by atoms with Crippen LogP contribution in [0.4, 0.5) is 0 Å². The van der Waals surface area contributed by atoms with Crippen LogP contribution in [-0.4, -0.2) is 38.2 Å². The van der Waals surface area contributed by atoms with Gasteiger partial charge in [-0.2, -0.15) is 0 Å². The predicted octanol–water partition coefficient (Wildman–Crippen LogP) is 2.08. The van der Waals surface area contributed by atoms with E-state index in [9.17, 15) is 0 Å². The van der Waals surface area contributed by atoms with E-state index in [4.69, 9.17) is 4.74 Å². The lowest BCUT2D eigenvalue weighted by Gasteiger charge is -2.28. The molecule has 1 N–H and O–H groups in total. The molecule has 2 rings (SSSR count). The van der Waals surface area contributed by atoms with Gasteiger partial charge in [0.15, 0.2) is 0 Å². The normalized spacial score (nSPS) is 18.7. The topological polar surface area (TPSA) is 24.5 Å². The number of hydrogen-bond acceptors (Lipinski definition) is 4. The first-order valence-electron chi connectivity index (χ1n) is 6.30. The van der Waals surface area contributed by atoms with Crippen LogP contribution in [0.2, 0.25) is 0 Å². The van der Waals surface area contributed by atoms with Crippen molar-refractivity contribution < 1.29 is 4.74 Å². The first kappa shape index (κ1) is 13.0. The van der Waals surface area contributed by atoms with E-state index in [0.717, 1.165) is 13.2 Å². The lowest BCUT2D eigenvalue weighted by molar-refractivity contribution is 0.00331. The summed E-state index contributed by atoms with van der Waals surface area (Å²) >= 11 is 1.85. The number of rotatable bonds is 5. The third-order valence-corrected chi connectivity index (χ3v) is 4.25. The molecule has 2 heterocycles. The number of ether oxygens (including phenoxy) is 1. The molecule has 1 aromatic heterocycles. The first-order chi connectivity index (χ1) is 8.28. The average molecular weight is 254 g/mol. The molecule has 1 fully saturated rings. The van der Waals surface area contributed by atoms with E-state index in [2.05, 4.69) is 29.4 Å². The van der Waals surface area contributed by atoms with Gasteiger partial charge in [-0.25, -0.2) is 0 Å². The molecule has 0 aromatic carbocycles. The largest absolute Gasteiger partial charge is 0.373 e. The highest BCUT2D eigenvalue weighted by atomic mass is 32.1. The second-order valence-corrected chi connectivity index (χ2v) is 5.96. The third kappa shape index (κ3) is 4.07. The van der Waals surface area contributed by atoms with E-state index < -0.39 is 0 Å². The van der Waals surface area contributed by atoms with Gasteiger partial charge in [-0.15, -0.1) is 11.3 Å². The van der Waals surface area contributed by atoms with Gasteiger partial charge in [0.1, 0.15) is 0 Å². The van der Waals surface area contributed by atoms with Crippen molar-refractivity contribution >= 4 is 11.3 Å². The molecule has 0 bridgehead atoms. The van der Waals surface area contributed by atoms with Gasteiger partial charge in [-0.05, 0) is 39.1 Å². The van der Waals surface area contributed by atoms with Crippen LogP contribution in [0.3, 0.4) is 0 Å². The molecular formula is C13H22N2OS. The van der Waals surface area contributed by atoms with E-state index in [-0.39, 0.29) is 0 Å². The summed E-state index contributed by atoms with van der Waals surface area (Å²) in [5.41, 5.74) is 0. The summed E-state index contributed by atoms with van der Waals surface area (Å²) in [5, 5.41) is 3.17. The van der Waals surface area contributed by atoms with Crippen LogP contribution in [0.15, 0.2) is 12.1 Å². The molecule has 0 unspecified atom stereocenters. The van der Waals surface area contributed by atoms with Crippen molar-refractivity contribution in [1.82, 2.24) is 10.2 Å². The van der Waals surface area contributed by atoms with E-state index in [1.54, 1.807) is 0 Å². The molecule has 1 aromatic rings. The number of nitrogens with zero attached hydrogens (tertiary/aromatic N) is 1. The molecule has 1 aliphatic rings.